The van der Waals surface area contributed by atoms with Gasteiger partial charge in [-0.2, -0.15) is 0 Å². The average Bonchev–Trinajstić information content (AvgIpc) is 2.59. The molecule has 0 saturated carbocycles. The van der Waals surface area contributed by atoms with Crippen molar-refractivity contribution in [1.82, 2.24) is 0 Å². The Balaban J connectivity index is 1.83. The Bertz CT molecular complexity index is 611. The first kappa shape index (κ1) is 19.4. The molecule has 0 aliphatic carbocycles. The molecule has 1 fully saturated rings. The van der Waals surface area contributed by atoms with Crippen LogP contribution >= 0.6 is 15.9 Å². The summed E-state index contributed by atoms with van der Waals surface area (Å²) in [5.41, 5.74) is 0.932. The van der Waals surface area contributed by atoms with Gasteiger partial charge in [0.2, 0.25) is 11.6 Å². The quantitative estimate of drug-likeness (QED) is 0.563. The average molecular weight is 399 g/mol. The highest BCUT2D eigenvalue weighted by Gasteiger charge is 2.53. The molecule has 1 aromatic rings. The predicted octanol–water partition coefficient (Wildman–Crippen LogP) is 2.96. The van der Waals surface area contributed by atoms with Crippen molar-refractivity contribution in [3.05, 3.63) is 34.3 Å². The van der Waals surface area contributed by atoms with Crippen LogP contribution < -0.4 is 0 Å². The molecule has 0 unspecified atom stereocenters. The van der Waals surface area contributed by atoms with E-state index in [1.165, 1.54) is 0 Å². The van der Waals surface area contributed by atoms with E-state index in [1.807, 2.05) is 24.3 Å². The monoisotopic (exact) mass is 398 g/mol. The minimum atomic E-state index is -1.01. The number of halogens is 1. The maximum absolute atomic E-state index is 5.96. The molecule has 3 atom stereocenters. The number of methoxy groups -OCH3 is 2. The second-order valence-corrected chi connectivity index (χ2v) is 6.50. The lowest BCUT2D eigenvalue weighted by Crippen LogP contribution is -2.63. The highest BCUT2D eigenvalue weighted by atomic mass is 79.9. The summed E-state index contributed by atoms with van der Waals surface area (Å²) in [6.45, 7) is 4.61. The molecule has 1 saturated heterocycles. The van der Waals surface area contributed by atoms with Gasteiger partial charge in [-0.15, -0.1) is 0 Å². The van der Waals surface area contributed by atoms with Crippen LogP contribution in [0.3, 0.4) is 0 Å². The molecule has 0 aromatic heterocycles. The first-order valence-corrected chi connectivity index (χ1v) is 8.46. The van der Waals surface area contributed by atoms with E-state index in [-0.39, 0.29) is 6.10 Å². The van der Waals surface area contributed by atoms with Crippen molar-refractivity contribution in [3.8, 4) is 11.8 Å². The van der Waals surface area contributed by atoms with Crippen molar-refractivity contribution in [1.29, 1.82) is 0 Å². The lowest BCUT2D eigenvalue weighted by atomic mass is 10.1. The van der Waals surface area contributed by atoms with Crippen LogP contribution in [0.1, 0.15) is 19.4 Å². The van der Waals surface area contributed by atoms with Gasteiger partial charge in [0.25, 0.3) is 0 Å². The van der Waals surface area contributed by atoms with Gasteiger partial charge in [-0.05, 0) is 41.9 Å². The van der Waals surface area contributed by atoms with Crippen LogP contribution in [0.4, 0.5) is 0 Å². The fourth-order valence-corrected chi connectivity index (χ4v) is 2.72. The van der Waals surface area contributed by atoms with Crippen LogP contribution in [-0.2, 0) is 23.7 Å². The third-order valence-electron chi connectivity index (χ3n) is 4.12. The third kappa shape index (κ3) is 4.37. The van der Waals surface area contributed by atoms with Crippen LogP contribution in [0.5, 0.6) is 0 Å². The van der Waals surface area contributed by atoms with Gasteiger partial charge in [0.15, 0.2) is 0 Å². The normalized spacial score (nSPS) is 29.8. The standard InChI is InChI=1S/C18H23BrO5/c1-17(20-3)18(2,21-4)24-15(13-23-17)12-22-11-7-9-14-8-5-6-10-16(14)19/h5-6,8,10,15H,11-13H2,1-4H3/t15-,17+,18+/m0/s1. The number of rotatable bonds is 5. The fourth-order valence-electron chi connectivity index (χ4n) is 2.34. The molecule has 1 aromatic carbocycles. The molecule has 0 amide bonds. The van der Waals surface area contributed by atoms with E-state index in [2.05, 4.69) is 27.8 Å². The summed E-state index contributed by atoms with van der Waals surface area (Å²) in [5, 5.41) is 0. The van der Waals surface area contributed by atoms with E-state index in [0.29, 0.717) is 19.8 Å². The zero-order chi connectivity index (χ0) is 17.6. The molecule has 0 radical (unpaired) electrons. The highest BCUT2D eigenvalue weighted by molar-refractivity contribution is 9.10. The van der Waals surface area contributed by atoms with Gasteiger partial charge >= 0.3 is 0 Å². The molecule has 6 heteroatoms. The predicted molar refractivity (Wildman–Crippen MR) is 93.5 cm³/mol. The van der Waals surface area contributed by atoms with Crippen molar-refractivity contribution < 1.29 is 23.7 Å². The van der Waals surface area contributed by atoms with Crippen LogP contribution in [0.25, 0.3) is 0 Å². The Morgan fingerprint density at radius 2 is 1.92 bits per heavy atom. The number of hydrogen-bond donors (Lipinski definition) is 0. The SMILES string of the molecule is CO[C@]1(C)OC[C@H](COCC#Cc2ccccc2Br)O[C@@]1(C)OC. The van der Waals surface area contributed by atoms with Crippen molar-refractivity contribution in [2.24, 2.45) is 0 Å². The van der Waals surface area contributed by atoms with Crippen LogP contribution in [-0.4, -0.2) is 51.7 Å². The smallest absolute Gasteiger partial charge is 0.220 e. The van der Waals surface area contributed by atoms with Gasteiger partial charge in [0, 0.05) is 24.3 Å². The Hall–Kier alpha value is -0.940. The molecule has 0 spiro atoms. The summed E-state index contributed by atoms with van der Waals surface area (Å²) in [4.78, 5) is 0. The number of hydrogen-bond acceptors (Lipinski definition) is 5. The van der Waals surface area contributed by atoms with Crippen LogP contribution in [0.15, 0.2) is 28.7 Å². The first-order valence-electron chi connectivity index (χ1n) is 7.67. The largest absolute Gasteiger partial charge is 0.366 e. The van der Waals surface area contributed by atoms with Gasteiger partial charge in [0.05, 0.1) is 13.2 Å². The minimum Gasteiger partial charge on any atom is -0.366 e. The second-order valence-electron chi connectivity index (χ2n) is 5.65. The topological polar surface area (TPSA) is 46.2 Å². The lowest BCUT2D eigenvalue weighted by molar-refractivity contribution is -0.433. The second kappa shape index (κ2) is 8.43. The van der Waals surface area contributed by atoms with Crippen molar-refractivity contribution in [2.75, 3.05) is 34.0 Å². The zero-order valence-corrected chi connectivity index (χ0v) is 16.0. The molecular formula is C18H23BrO5. The molecule has 1 aliphatic heterocycles. The van der Waals surface area contributed by atoms with Gasteiger partial charge < -0.3 is 23.7 Å². The van der Waals surface area contributed by atoms with Crippen LogP contribution in [0.2, 0.25) is 0 Å². The van der Waals surface area contributed by atoms with E-state index in [0.717, 1.165) is 10.0 Å². The molecule has 2 rings (SSSR count). The molecule has 1 aliphatic rings. The summed E-state index contributed by atoms with van der Waals surface area (Å²) in [7, 11) is 3.13. The van der Waals surface area contributed by atoms with E-state index >= 15 is 0 Å². The Morgan fingerprint density at radius 1 is 1.21 bits per heavy atom. The van der Waals surface area contributed by atoms with E-state index in [1.54, 1.807) is 28.1 Å². The summed E-state index contributed by atoms with van der Waals surface area (Å²) in [6.07, 6.45) is -0.247. The van der Waals surface area contributed by atoms with Crippen molar-refractivity contribution in [2.45, 2.75) is 31.5 Å². The van der Waals surface area contributed by atoms with Crippen molar-refractivity contribution in [3.63, 3.8) is 0 Å². The van der Waals surface area contributed by atoms with Gasteiger partial charge in [-0.25, -0.2) is 0 Å². The summed E-state index contributed by atoms with van der Waals surface area (Å²) in [5.74, 6) is 4.09. The Kier molecular flexibility index (Phi) is 6.81. The summed E-state index contributed by atoms with van der Waals surface area (Å²) in [6, 6.07) is 7.80. The van der Waals surface area contributed by atoms with Gasteiger partial charge in [0.1, 0.15) is 12.7 Å². The molecule has 5 nitrogen and oxygen atoms in total. The highest BCUT2D eigenvalue weighted by Crippen LogP contribution is 2.36. The van der Waals surface area contributed by atoms with E-state index in [9.17, 15) is 0 Å². The Morgan fingerprint density at radius 3 is 2.58 bits per heavy atom. The fraction of sp³-hybridized carbons (Fsp3) is 0.556. The molecular weight excluding hydrogens is 376 g/mol. The number of benzene rings is 1. The summed E-state index contributed by atoms with van der Waals surface area (Å²) >= 11 is 3.46. The Labute approximate surface area is 151 Å². The summed E-state index contributed by atoms with van der Waals surface area (Å²) < 4.78 is 29.1. The van der Waals surface area contributed by atoms with Gasteiger partial charge in [-0.1, -0.05) is 24.0 Å². The number of ether oxygens (including phenoxy) is 5. The lowest BCUT2D eigenvalue weighted by Gasteiger charge is -2.48. The zero-order valence-electron chi connectivity index (χ0n) is 14.4. The molecule has 132 valence electrons. The van der Waals surface area contributed by atoms with E-state index in [4.69, 9.17) is 23.7 Å². The maximum Gasteiger partial charge on any atom is 0.220 e. The van der Waals surface area contributed by atoms with Crippen LogP contribution in [0, 0.1) is 11.8 Å². The maximum atomic E-state index is 5.96. The first-order chi connectivity index (χ1) is 11.4. The minimum absolute atomic E-state index is 0.247. The van der Waals surface area contributed by atoms with E-state index < -0.39 is 11.6 Å². The molecule has 1 heterocycles. The molecule has 0 N–H and O–H groups in total. The van der Waals surface area contributed by atoms with Crippen molar-refractivity contribution >= 4 is 15.9 Å². The third-order valence-corrected chi connectivity index (χ3v) is 4.81. The molecule has 0 bridgehead atoms. The van der Waals surface area contributed by atoms with Gasteiger partial charge in [-0.3, -0.25) is 0 Å². The molecule has 24 heavy (non-hydrogen) atoms.